The quantitative estimate of drug-likeness (QED) is 0.487. The third kappa shape index (κ3) is 2.79. The molecule has 31 heavy (non-hydrogen) atoms. The Morgan fingerprint density at radius 3 is 2.81 bits per heavy atom. The smallest absolute Gasteiger partial charge is 0.343 e. The maximum atomic E-state index is 13.5. The molecule has 8 heteroatoms. The number of benzene rings is 1. The van der Waals surface area contributed by atoms with Crippen molar-refractivity contribution in [3.05, 3.63) is 63.4 Å². The highest BCUT2D eigenvalue weighted by Gasteiger charge is 2.48. The maximum Gasteiger partial charge on any atom is 0.343 e. The van der Waals surface area contributed by atoms with Crippen molar-refractivity contribution >= 4 is 22.8 Å². The number of ether oxygens (including phenoxy) is 1. The van der Waals surface area contributed by atoms with E-state index in [1.165, 1.54) is 0 Å². The van der Waals surface area contributed by atoms with Gasteiger partial charge in [-0.15, -0.1) is 0 Å². The third-order valence-electron chi connectivity index (χ3n) is 6.20. The lowest BCUT2D eigenvalue weighted by Gasteiger charge is -2.36. The molecule has 0 aliphatic carbocycles. The second kappa shape index (κ2) is 6.75. The number of nitrogens with zero attached hydrogens (tertiary/aromatic N) is 2. The molecule has 5 rings (SSSR count). The van der Waals surface area contributed by atoms with Gasteiger partial charge in [0, 0.05) is 22.9 Å². The van der Waals surface area contributed by atoms with Crippen molar-refractivity contribution in [1.29, 1.82) is 0 Å². The highest BCUT2D eigenvalue weighted by molar-refractivity contribution is 5.86. The number of para-hydroxylation sites is 1. The topological polar surface area (TPSA) is 119 Å². The summed E-state index contributed by atoms with van der Waals surface area (Å²) in [5.41, 5.74) is 0.776. The Bertz CT molecular complexity index is 1330. The van der Waals surface area contributed by atoms with Gasteiger partial charge in [0.1, 0.15) is 6.10 Å². The van der Waals surface area contributed by atoms with Crippen molar-refractivity contribution < 1.29 is 24.5 Å². The largest absolute Gasteiger partial charge is 0.481 e. The molecule has 2 atom stereocenters. The Balaban J connectivity index is 1.74. The molecule has 0 saturated carbocycles. The molecular weight excluding hydrogens is 400 g/mol. The van der Waals surface area contributed by atoms with Crippen LogP contribution >= 0.6 is 0 Å². The lowest BCUT2D eigenvalue weighted by molar-refractivity contribution is -0.179. The number of carbonyl (C=O) groups excluding carboxylic acids is 1. The van der Waals surface area contributed by atoms with E-state index in [4.69, 9.17) is 14.8 Å². The molecule has 2 aliphatic heterocycles. The summed E-state index contributed by atoms with van der Waals surface area (Å²) in [6.45, 7) is 1.94. The van der Waals surface area contributed by atoms with Gasteiger partial charge in [-0.3, -0.25) is 9.59 Å². The van der Waals surface area contributed by atoms with Crippen LogP contribution in [0.4, 0.5) is 0 Å². The van der Waals surface area contributed by atoms with E-state index in [9.17, 15) is 19.5 Å². The predicted octanol–water partition coefficient (Wildman–Crippen LogP) is 2.49. The lowest BCUT2D eigenvalue weighted by atomic mass is 9.82. The number of aliphatic carboxylic acids is 1. The summed E-state index contributed by atoms with van der Waals surface area (Å²) in [5.74, 6) is -1.93. The van der Waals surface area contributed by atoms with Crippen molar-refractivity contribution in [3.63, 3.8) is 0 Å². The van der Waals surface area contributed by atoms with Gasteiger partial charge in [-0.25, -0.2) is 9.78 Å². The molecule has 1 unspecified atom stereocenters. The number of fused-ring (bicyclic) bond motifs is 5. The molecule has 4 heterocycles. The Hall–Kier alpha value is -3.52. The summed E-state index contributed by atoms with van der Waals surface area (Å²) >= 11 is 0. The molecule has 3 aromatic rings. The fourth-order valence-electron chi connectivity index (χ4n) is 4.53. The molecule has 158 valence electrons. The summed E-state index contributed by atoms with van der Waals surface area (Å²) in [6, 6.07) is 11.3. The van der Waals surface area contributed by atoms with Gasteiger partial charge < -0.3 is 19.5 Å². The fourth-order valence-corrected chi connectivity index (χ4v) is 4.53. The van der Waals surface area contributed by atoms with E-state index >= 15 is 0 Å². The van der Waals surface area contributed by atoms with Crippen molar-refractivity contribution in [3.8, 4) is 11.4 Å². The zero-order chi connectivity index (χ0) is 21.9. The number of cyclic esters (lactones) is 1. The van der Waals surface area contributed by atoms with Gasteiger partial charge in [0.15, 0.2) is 5.60 Å². The van der Waals surface area contributed by atoms with E-state index in [1.807, 2.05) is 30.3 Å². The van der Waals surface area contributed by atoms with E-state index in [0.29, 0.717) is 17.9 Å². The van der Waals surface area contributed by atoms with Gasteiger partial charge in [-0.2, -0.15) is 0 Å². The van der Waals surface area contributed by atoms with Crippen LogP contribution in [-0.4, -0.2) is 31.7 Å². The van der Waals surface area contributed by atoms with E-state index in [0.717, 1.165) is 16.5 Å². The Kier molecular flexibility index (Phi) is 4.23. The van der Waals surface area contributed by atoms with Crippen molar-refractivity contribution in [2.75, 3.05) is 0 Å². The molecule has 2 aromatic heterocycles. The summed E-state index contributed by atoms with van der Waals surface area (Å²) in [4.78, 5) is 42.0. The Labute approximate surface area is 176 Å². The van der Waals surface area contributed by atoms with Gasteiger partial charge in [0.25, 0.3) is 5.56 Å². The zero-order valence-corrected chi connectivity index (χ0v) is 16.8. The number of aliphatic hydroxyl groups is 1. The van der Waals surface area contributed by atoms with E-state index in [1.54, 1.807) is 17.6 Å². The van der Waals surface area contributed by atoms with Gasteiger partial charge in [-0.1, -0.05) is 25.1 Å². The summed E-state index contributed by atoms with van der Waals surface area (Å²) < 4.78 is 6.92. The monoisotopic (exact) mass is 420 g/mol. The highest BCUT2D eigenvalue weighted by Crippen LogP contribution is 2.43. The lowest BCUT2D eigenvalue weighted by Crippen LogP contribution is -2.46. The van der Waals surface area contributed by atoms with Crippen LogP contribution in [0.3, 0.4) is 0 Å². The molecule has 0 spiro atoms. The van der Waals surface area contributed by atoms with Crippen LogP contribution < -0.4 is 5.56 Å². The van der Waals surface area contributed by atoms with Gasteiger partial charge >= 0.3 is 11.9 Å². The van der Waals surface area contributed by atoms with Crippen LogP contribution in [-0.2, 0) is 26.5 Å². The fraction of sp³-hybridized carbons (Fsp3) is 0.304. The Morgan fingerprint density at radius 1 is 1.29 bits per heavy atom. The van der Waals surface area contributed by atoms with Crippen LogP contribution in [0.25, 0.3) is 22.3 Å². The first-order chi connectivity index (χ1) is 14.8. The molecule has 1 aromatic carbocycles. The number of hydrogen-bond acceptors (Lipinski definition) is 6. The van der Waals surface area contributed by atoms with Crippen LogP contribution in [0.1, 0.15) is 49.0 Å². The number of rotatable bonds is 4. The van der Waals surface area contributed by atoms with E-state index in [2.05, 4.69) is 0 Å². The predicted molar refractivity (Wildman–Crippen MR) is 110 cm³/mol. The minimum Gasteiger partial charge on any atom is -0.481 e. The van der Waals surface area contributed by atoms with Crippen LogP contribution in [0.2, 0.25) is 0 Å². The molecule has 2 aliphatic rings. The second-order valence-electron chi connectivity index (χ2n) is 7.98. The number of hydrogen-bond donors (Lipinski definition) is 2. The van der Waals surface area contributed by atoms with E-state index < -0.39 is 29.2 Å². The number of carboxylic acid groups (broad SMARTS) is 1. The van der Waals surface area contributed by atoms with Crippen molar-refractivity contribution in [2.45, 2.75) is 44.4 Å². The van der Waals surface area contributed by atoms with E-state index in [-0.39, 0.29) is 30.4 Å². The van der Waals surface area contributed by atoms with Gasteiger partial charge in [0.05, 0.1) is 29.0 Å². The average Bonchev–Trinajstić information content (AvgIpc) is 3.11. The molecule has 0 amide bonds. The molecule has 2 N–H and O–H groups in total. The second-order valence-corrected chi connectivity index (χ2v) is 7.98. The molecular formula is C23H20N2O6. The van der Waals surface area contributed by atoms with Crippen LogP contribution in [0.5, 0.6) is 0 Å². The Morgan fingerprint density at radius 2 is 2.06 bits per heavy atom. The van der Waals surface area contributed by atoms with Crippen molar-refractivity contribution in [1.82, 2.24) is 9.55 Å². The number of pyridine rings is 2. The van der Waals surface area contributed by atoms with Crippen LogP contribution in [0.15, 0.2) is 41.2 Å². The number of aromatic nitrogens is 2. The SMILES string of the molecule is CC[C@@]1(O)C(=O)OC(CCC(=O)O)c2c1cc1n(c2=O)Cc2cc3ccccc3nc2-1. The first-order valence-corrected chi connectivity index (χ1v) is 10.2. The number of esters is 1. The maximum absolute atomic E-state index is 13.5. The summed E-state index contributed by atoms with van der Waals surface area (Å²) in [5, 5.41) is 21.1. The molecule has 0 fully saturated rings. The molecule has 0 bridgehead atoms. The minimum absolute atomic E-state index is 0.0192. The molecule has 0 saturated heterocycles. The molecule has 8 nitrogen and oxygen atoms in total. The first-order valence-electron chi connectivity index (χ1n) is 10.2. The van der Waals surface area contributed by atoms with Gasteiger partial charge in [-0.05, 0) is 31.0 Å². The van der Waals surface area contributed by atoms with Crippen LogP contribution in [0, 0.1) is 0 Å². The highest BCUT2D eigenvalue weighted by atomic mass is 16.6. The minimum atomic E-state index is -1.97. The number of carbonyl (C=O) groups is 2. The zero-order valence-electron chi connectivity index (χ0n) is 16.8. The summed E-state index contributed by atoms with van der Waals surface area (Å²) in [7, 11) is 0. The third-order valence-corrected chi connectivity index (χ3v) is 6.20. The standard InChI is InChI=1S/C23H20N2O6/c1-2-23(30)14-10-16-20-13(9-12-5-3-4-6-15(12)24-20)11-25(16)21(28)19(14)17(31-22(23)29)7-8-18(26)27/h3-6,9-10,17,30H,2,7-8,11H2,1H3,(H,26,27)/t17?,23-/m0/s1. The normalized spacial score (nSPS) is 21.4. The van der Waals surface area contributed by atoms with Crippen molar-refractivity contribution in [2.24, 2.45) is 0 Å². The average molecular weight is 420 g/mol. The first kappa shape index (κ1) is 19.4. The number of carboxylic acids is 1. The van der Waals surface area contributed by atoms with Gasteiger partial charge in [0.2, 0.25) is 0 Å². The molecule has 0 radical (unpaired) electrons. The summed E-state index contributed by atoms with van der Waals surface area (Å²) in [6.07, 6.45) is -1.31.